The van der Waals surface area contributed by atoms with E-state index in [0.29, 0.717) is 19.3 Å². The van der Waals surface area contributed by atoms with Crippen LogP contribution in [0.5, 0.6) is 0 Å². The zero-order chi connectivity index (χ0) is 29.0. The van der Waals surface area contributed by atoms with E-state index in [1.807, 2.05) is 13.0 Å². The van der Waals surface area contributed by atoms with Crippen LogP contribution in [0.25, 0.3) is 0 Å². The molecule has 0 saturated heterocycles. The van der Waals surface area contributed by atoms with Crippen LogP contribution in [0.3, 0.4) is 0 Å². The molecule has 0 aromatic carbocycles. The molecule has 0 spiro atoms. The molecule has 4 saturated carbocycles. The summed E-state index contributed by atoms with van der Waals surface area (Å²) in [6.07, 6.45) is 9.26. The Morgan fingerprint density at radius 3 is 2.15 bits per heavy atom. The molecule has 40 heavy (non-hydrogen) atoms. The van der Waals surface area contributed by atoms with E-state index < -0.39 is 23.3 Å². The van der Waals surface area contributed by atoms with Crippen molar-refractivity contribution in [2.24, 2.45) is 50.2 Å². The molecule has 5 aliphatic rings. The molecule has 0 aromatic rings. The van der Waals surface area contributed by atoms with Gasteiger partial charge in [-0.05, 0) is 110 Å². The van der Waals surface area contributed by atoms with Crippen LogP contribution < -0.4 is 61.8 Å². The van der Waals surface area contributed by atoms with Crippen molar-refractivity contribution in [3.8, 4) is 0 Å². The van der Waals surface area contributed by atoms with Crippen molar-refractivity contribution in [1.29, 1.82) is 0 Å². The fraction of sp³-hybridized carbons (Fsp3) is 0.812. The average Bonchev–Trinajstić information content (AvgIpc) is 2.83. The Labute approximate surface area is 281 Å². The molecule has 5 rings (SSSR count). The number of hydrogen-bond donors (Lipinski definition) is 2. The van der Waals surface area contributed by atoms with Crippen molar-refractivity contribution >= 4 is 23.6 Å². The van der Waals surface area contributed by atoms with Gasteiger partial charge < -0.3 is 20.3 Å². The number of nitrogens with one attached hydrogen (secondary N) is 1. The van der Waals surface area contributed by atoms with Gasteiger partial charge in [-0.15, -0.1) is 0 Å². The molecule has 8 heteroatoms. The van der Waals surface area contributed by atoms with E-state index in [0.717, 1.165) is 38.5 Å². The molecular formula is C32H46KNO6. The van der Waals surface area contributed by atoms with Gasteiger partial charge in [-0.1, -0.05) is 47.1 Å². The number of fused-ring (bicyclic) bond motifs is 7. The number of carboxylic acid groups (broad SMARTS) is 2. The first kappa shape index (κ1) is 32.4. The minimum absolute atomic E-state index is 0. The van der Waals surface area contributed by atoms with Gasteiger partial charge in [0.15, 0.2) is 5.78 Å². The van der Waals surface area contributed by atoms with E-state index in [1.165, 1.54) is 5.57 Å². The number of allylic oxidation sites excluding steroid dienone is 2. The number of carbonyl (C=O) groups is 4. The third-order valence-electron chi connectivity index (χ3n) is 13.6. The zero-order valence-electron chi connectivity index (χ0n) is 25.7. The van der Waals surface area contributed by atoms with E-state index in [2.05, 4.69) is 46.9 Å². The van der Waals surface area contributed by atoms with Gasteiger partial charge in [-0.25, -0.2) is 0 Å². The van der Waals surface area contributed by atoms with E-state index >= 15 is 0 Å². The topological polar surface area (TPSA) is 124 Å². The van der Waals surface area contributed by atoms with Gasteiger partial charge in [0.2, 0.25) is 0 Å². The van der Waals surface area contributed by atoms with E-state index in [4.69, 9.17) is 0 Å². The first-order valence-corrected chi connectivity index (χ1v) is 14.9. The Bertz CT molecular complexity index is 1180. The Morgan fingerprint density at radius 2 is 1.55 bits per heavy atom. The van der Waals surface area contributed by atoms with Gasteiger partial charge in [0.05, 0.1) is 5.41 Å². The molecule has 216 valence electrons. The number of amides is 1. The number of carboxylic acids is 2. The van der Waals surface area contributed by atoms with Crippen LogP contribution in [0.2, 0.25) is 0 Å². The van der Waals surface area contributed by atoms with Crippen molar-refractivity contribution in [3.05, 3.63) is 11.6 Å². The van der Waals surface area contributed by atoms with Crippen LogP contribution >= 0.6 is 0 Å². The second-order valence-corrected chi connectivity index (χ2v) is 15.7. The maximum Gasteiger partial charge on any atom is 1.00 e. The smallest absolute Gasteiger partial charge is 0.540 e. The predicted octanol–water partition coefficient (Wildman–Crippen LogP) is 1.29. The number of aliphatic carboxylic acids is 2. The molecule has 0 aliphatic heterocycles. The number of rotatable bonds is 2. The first-order chi connectivity index (χ1) is 17.9. The number of carbonyl (C=O) groups excluding carboxylic acids is 3. The summed E-state index contributed by atoms with van der Waals surface area (Å²) in [6.45, 7) is 15.3. The van der Waals surface area contributed by atoms with Gasteiger partial charge >= 0.3 is 57.4 Å². The molecule has 4 fully saturated rings. The van der Waals surface area contributed by atoms with Gasteiger partial charge in [0.1, 0.15) is 5.97 Å². The van der Waals surface area contributed by atoms with Crippen molar-refractivity contribution in [2.45, 2.75) is 112 Å². The minimum Gasteiger partial charge on any atom is -0.540 e. The minimum atomic E-state index is -1.71. The standard InChI is InChI=1S/C32H47NO6.K/c1-27(2)21-8-11-32(7)23(30(21,5)10-9-22(27)33-24(35)25(36)37)20(34)16-18-19-17-29(4,26(38)39)13-12-28(19,3)14-15-31(18,32)6;/h16,19,21-23H,8-15,17H2,1-7H3,(H,33,35)(H,36,37)(H,38,39);/q;+1/p-1/t19-,21-,22-,23+,28+,29-,30-,31+,32+;/m0./s1. The van der Waals surface area contributed by atoms with Crippen LogP contribution in [-0.2, 0) is 19.2 Å². The normalized spacial score (nSPS) is 47.2. The summed E-state index contributed by atoms with van der Waals surface area (Å²) >= 11 is 0. The van der Waals surface area contributed by atoms with E-state index in [-0.39, 0.29) is 108 Å². The largest absolute Gasteiger partial charge is 1.00 e. The maximum absolute atomic E-state index is 14.4. The molecule has 0 heterocycles. The van der Waals surface area contributed by atoms with E-state index in [1.54, 1.807) is 0 Å². The summed E-state index contributed by atoms with van der Waals surface area (Å²) in [5.41, 5.74) is -0.677. The summed E-state index contributed by atoms with van der Waals surface area (Å²) < 4.78 is 0. The van der Waals surface area contributed by atoms with Crippen molar-refractivity contribution in [3.63, 3.8) is 0 Å². The molecule has 2 N–H and O–H groups in total. The van der Waals surface area contributed by atoms with E-state index in [9.17, 15) is 29.4 Å². The Hall–Kier alpha value is -0.544. The molecule has 0 bridgehead atoms. The molecule has 0 aromatic heterocycles. The quantitative estimate of drug-likeness (QED) is 0.376. The molecule has 9 atom stereocenters. The fourth-order valence-corrected chi connectivity index (χ4v) is 10.9. The predicted molar refractivity (Wildman–Crippen MR) is 144 cm³/mol. The van der Waals surface area contributed by atoms with Gasteiger partial charge in [-0.2, -0.15) is 0 Å². The average molecular weight is 580 g/mol. The van der Waals surface area contributed by atoms with Crippen LogP contribution in [0.4, 0.5) is 0 Å². The summed E-state index contributed by atoms with van der Waals surface area (Å²) in [5.74, 6) is -3.28. The zero-order valence-corrected chi connectivity index (χ0v) is 28.9. The SMILES string of the molecule is CC1(C)[C@@H](NC(=O)C(=O)[O-])CC[C@]2(C)[C@H]3C(=O)C=C4[C@@H]5C[C@@](C)(C(=O)O)CC[C@]5(C)CC[C@@]4(C)[C@]3(C)CC[C@@H]12.[K+]. The first-order valence-electron chi connectivity index (χ1n) is 14.9. The monoisotopic (exact) mass is 579 g/mol. The maximum atomic E-state index is 14.4. The Morgan fingerprint density at radius 1 is 0.925 bits per heavy atom. The summed E-state index contributed by atoms with van der Waals surface area (Å²) in [5, 5.41) is 24.0. The number of hydrogen-bond acceptors (Lipinski definition) is 5. The summed E-state index contributed by atoms with van der Waals surface area (Å²) in [4.78, 5) is 49.9. The number of ketones is 1. The second-order valence-electron chi connectivity index (χ2n) is 15.7. The fourth-order valence-electron chi connectivity index (χ4n) is 10.9. The van der Waals surface area contributed by atoms with Crippen molar-refractivity contribution < 1.29 is 80.8 Å². The van der Waals surface area contributed by atoms with Crippen LogP contribution in [-0.4, -0.2) is 34.8 Å². The molecule has 5 aliphatic carbocycles. The Kier molecular flexibility index (Phi) is 8.09. The summed E-state index contributed by atoms with van der Waals surface area (Å²) in [7, 11) is 0. The Balaban J connectivity index is 0.00000370. The molecule has 0 unspecified atom stereocenters. The molecular weight excluding hydrogens is 533 g/mol. The van der Waals surface area contributed by atoms with Crippen molar-refractivity contribution in [1.82, 2.24) is 5.32 Å². The second kappa shape index (κ2) is 10.00. The van der Waals surface area contributed by atoms with Crippen LogP contribution in [0, 0.1) is 50.2 Å². The van der Waals surface area contributed by atoms with Crippen molar-refractivity contribution in [2.75, 3.05) is 0 Å². The third kappa shape index (κ3) is 4.31. The van der Waals surface area contributed by atoms with Gasteiger partial charge in [0.25, 0.3) is 5.91 Å². The molecule has 1 amide bonds. The molecule has 7 nitrogen and oxygen atoms in total. The van der Waals surface area contributed by atoms with Crippen LogP contribution in [0.1, 0.15) is 106 Å². The van der Waals surface area contributed by atoms with Gasteiger partial charge in [-0.3, -0.25) is 14.4 Å². The third-order valence-corrected chi connectivity index (χ3v) is 13.6. The van der Waals surface area contributed by atoms with Gasteiger partial charge in [0, 0.05) is 12.0 Å². The summed E-state index contributed by atoms with van der Waals surface area (Å²) in [6, 6.07) is -0.294. The van der Waals surface area contributed by atoms with Crippen LogP contribution in [0.15, 0.2) is 11.6 Å². The molecule has 0 radical (unpaired) electrons.